The zero-order valence-electron chi connectivity index (χ0n) is 14.7. The van der Waals surface area contributed by atoms with E-state index in [4.69, 9.17) is 9.26 Å². The van der Waals surface area contributed by atoms with E-state index in [2.05, 4.69) is 20.8 Å². The maximum Gasteiger partial charge on any atom is 0.321 e. The van der Waals surface area contributed by atoms with E-state index in [1.807, 2.05) is 0 Å². The van der Waals surface area contributed by atoms with Gasteiger partial charge in [-0.2, -0.15) is 4.98 Å². The second-order valence-corrected chi connectivity index (χ2v) is 5.92. The smallest absolute Gasteiger partial charge is 0.321 e. The van der Waals surface area contributed by atoms with E-state index < -0.39 is 6.04 Å². The average Bonchev–Trinajstić information content (AvgIpc) is 3.29. The van der Waals surface area contributed by atoms with Gasteiger partial charge in [-0.3, -0.25) is 9.69 Å². The van der Waals surface area contributed by atoms with Gasteiger partial charge in [0.15, 0.2) is 5.82 Å². The molecule has 2 heterocycles. The summed E-state index contributed by atoms with van der Waals surface area (Å²) in [5.74, 6) is 0.583. The summed E-state index contributed by atoms with van der Waals surface area (Å²) < 4.78 is 10.2. The second kappa shape index (κ2) is 7.96. The molecule has 1 fully saturated rings. The normalized spacial score (nSPS) is 15.0. The molecule has 2 N–H and O–H groups in total. The molecule has 1 aromatic heterocycles. The zero-order valence-corrected chi connectivity index (χ0v) is 14.7. The fourth-order valence-electron chi connectivity index (χ4n) is 2.61. The van der Waals surface area contributed by atoms with Crippen molar-refractivity contribution in [3.8, 4) is 0 Å². The molecule has 1 unspecified atom stereocenters. The van der Waals surface area contributed by atoms with Gasteiger partial charge in [0, 0.05) is 37.9 Å². The fraction of sp³-hybridized carbons (Fsp3) is 0.412. The Morgan fingerprint density at radius 2 is 2.35 bits per heavy atom. The van der Waals surface area contributed by atoms with Crippen molar-refractivity contribution >= 4 is 17.6 Å². The van der Waals surface area contributed by atoms with E-state index in [-0.39, 0.29) is 11.9 Å². The van der Waals surface area contributed by atoms with Crippen molar-refractivity contribution in [1.29, 1.82) is 0 Å². The summed E-state index contributed by atoms with van der Waals surface area (Å²) >= 11 is 0. The number of carbonyl (C=O) groups is 2. The van der Waals surface area contributed by atoms with Crippen LogP contribution in [0.3, 0.4) is 0 Å². The molecule has 2 aromatic rings. The number of amides is 3. The van der Waals surface area contributed by atoms with Gasteiger partial charge in [0.1, 0.15) is 6.04 Å². The van der Waals surface area contributed by atoms with Gasteiger partial charge in [-0.15, -0.1) is 0 Å². The first-order chi connectivity index (χ1) is 12.6. The number of ether oxygens (including phenoxy) is 1. The van der Waals surface area contributed by atoms with Crippen molar-refractivity contribution in [3.05, 3.63) is 41.5 Å². The lowest BCUT2D eigenvalue weighted by Crippen LogP contribution is -2.29. The third kappa shape index (κ3) is 3.99. The number of urea groups is 1. The van der Waals surface area contributed by atoms with Gasteiger partial charge >= 0.3 is 6.03 Å². The molecule has 1 atom stereocenters. The molecule has 0 bridgehead atoms. The highest BCUT2D eigenvalue weighted by Crippen LogP contribution is 2.19. The number of methoxy groups -OCH3 is 1. The molecule has 1 aliphatic heterocycles. The summed E-state index contributed by atoms with van der Waals surface area (Å²) in [4.78, 5) is 30.1. The molecule has 0 aliphatic carbocycles. The molecule has 9 nitrogen and oxygen atoms in total. The number of hydrogen-bond donors (Lipinski definition) is 2. The highest BCUT2D eigenvalue weighted by atomic mass is 16.5. The van der Waals surface area contributed by atoms with Gasteiger partial charge < -0.3 is 19.9 Å². The summed E-state index contributed by atoms with van der Waals surface area (Å²) in [7, 11) is 1.60. The second-order valence-electron chi connectivity index (χ2n) is 5.92. The van der Waals surface area contributed by atoms with Crippen LogP contribution in [0.1, 0.15) is 35.0 Å². The van der Waals surface area contributed by atoms with Crippen LogP contribution in [0, 0.1) is 0 Å². The van der Waals surface area contributed by atoms with Gasteiger partial charge in [0.25, 0.3) is 5.91 Å². The standard InChI is InChI=1S/C17H21N5O4/c1-11(16-20-14(21-26-16)6-9-25-2)19-15(23)12-4-3-5-13(10-12)22-8-7-18-17(22)24/h3-5,10-11H,6-9H2,1-2H3,(H,18,24)(H,19,23). The van der Waals surface area contributed by atoms with E-state index in [1.54, 1.807) is 43.2 Å². The van der Waals surface area contributed by atoms with Crippen LogP contribution < -0.4 is 15.5 Å². The van der Waals surface area contributed by atoms with Crippen molar-refractivity contribution in [1.82, 2.24) is 20.8 Å². The predicted octanol–water partition coefficient (Wildman–Crippen LogP) is 1.28. The summed E-state index contributed by atoms with van der Waals surface area (Å²) in [6.45, 7) is 3.43. The molecular weight excluding hydrogens is 338 g/mol. The Kier molecular flexibility index (Phi) is 5.47. The van der Waals surface area contributed by atoms with E-state index in [0.717, 1.165) is 0 Å². The van der Waals surface area contributed by atoms with Crippen LogP contribution >= 0.6 is 0 Å². The Morgan fingerprint density at radius 3 is 3.08 bits per heavy atom. The molecule has 3 rings (SSSR count). The van der Waals surface area contributed by atoms with Crippen molar-refractivity contribution in [2.45, 2.75) is 19.4 Å². The Labute approximate surface area is 150 Å². The van der Waals surface area contributed by atoms with E-state index in [1.165, 1.54) is 0 Å². The first kappa shape index (κ1) is 17.9. The number of carbonyl (C=O) groups excluding carboxylic acids is 2. The van der Waals surface area contributed by atoms with Gasteiger partial charge in [-0.1, -0.05) is 11.2 Å². The Hall–Kier alpha value is -2.94. The summed E-state index contributed by atoms with van der Waals surface area (Å²) in [6, 6.07) is 6.32. The summed E-state index contributed by atoms with van der Waals surface area (Å²) in [6.07, 6.45) is 0.542. The molecule has 0 spiro atoms. The minimum Gasteiger partial charge on any atom is -0.384 e. The highest BCUT2D eigenvalue weighted by molar-refractivity contribution is 5.98. The fourth-order valence-corrected chi connectivity index (χ4v) is 2.61. The van der Waals surface area contributed by atoms with Crippen LogP contribution in [0.15, 0.2) is 28.8 Å². The topological polar surface area (TPSA) is 110 Å². The monoisotopic (exact) mass is 359 g/mol. The maximum atomic E-state index is 12.5. The van der Waals surface area contributed by atoms with Crippen LogP contribution in [0.2, 0.25) is 0 Å². The minimum absolute atomic E-state index is 0.162. The average molecular weight is 359 g/mol. The van der Waals surface area contributed by atoms with Crippen molar-refractivity contribution < 1.29 is 18.8 Å². The number of hydrogen-bond acceptors (Lipinski definition) is 6. The third-order valence-corrected chi connectivity index (χ3v) is 4.01. The lowest BCUT2D eigenvalue weighted by Gasteiger charge is -2.15. The number of rotatable bonds is 7. The Morgan fingerprint density at radius 1 is 1.50 bits per heavy atom. The summed E-state index contributed by atoms with van der Waals surface area (Å²) in [5.41, 5.74) is 1.13. The van der Waals surface area contributed by atoms with Crippen LogP contribution in [0.25, 0.3) is 0 Å². The van der Waals surface area contributed by atoms with Crippen LogP contribution in [-0.2, 0) is 11.2 Å². The van der Waals surface area contributed by atoms with E-state index >= 15 is 0 Å². The SMILES string of the molecule is COCCc1noc(C(C)NC(=O)c2cccc(N3CCNC3=O)c2)n1. The molecule has 1 aromatic carbocycles. The highest BCUT2D eigenvalue weighted by Gasteiger charge is 2.22. The quantitative estimate of drug-likeness (QED) is 0.771. The number of aromatic nitrogens is 2. The van der Waals surface area contributed by atoms with Crippen molar-refractivity contribution in [2.75, 3.05) is 31.7 Å². The minimum atomic E-state index is -0.440. The lowest BCUT2D eigenvalue weighted by molar-refractivity contribution is 0.0932. The Balaban J connectivity index is 1.65. The van der Waals surface area contributed by atoms with Gasteiger partial charge in [0.05, 0.1) is 6.61 Å². The number of anilines is 1. The maximum absolute atomic E-state index is 12.5. The molecule has 0 saturated carbocycles. The van der Waals surface area contributed by atoms with Crippen molar-refractivity contribution in [2.24, 2.45) is 0 Å². The number of nitrogens with zero attached hydrogens (tertiary/aromatic N) is 3. The van der Waals surface area contributed by atoms with Crippen LogP contribution in [-0.4, -0.2) is 48.9 Å². The predicted molar refractivity (Wildman–Crippen MR) is 92.9 cm³/mol. The molecule has 1 aliphatic rings. The first-order valence-electron chi connectivity index (χ1n) is 8.36. The molecular formula is C17H21N5O4. The largest absolute Gasteiger partial charge is 0.384 e. The van der Waals surface area contributed by atoms with Crippen molar-refractivity contribution in [3.63, 3.8) is 0 Å². The van der Waals surface area contributed by atoms with Gasteiger partial charge in [0.2, 0.25) is 5.89 Å². The number of nitrogens with one attached hydrogen (secondary N) is 2. The van der Waals surface area contributed by atoms with Gasteiger partial charge in [-0.05, 0) is 25.1 Å². The number of benzene rings is 1. The molecule has 1 saturated heterocycles. The Bertz CT molecular complexity index is 791. The van der Waals surface area contributed by atoms with Gasteiger partial charge in [-0.25, -0.2) is 4.79 Å². The van der Waals surface area contributed by atoms with E-state index in [9.17, 15) is 9.59 Å². The summed E-state index contributed by atoms with van der Waals surface area (Å²) in [5, 5.41) is 9.42. The molecule has 3 amide bonds. The third-order valence-electron chi connectivity index (χ3n) is 4.01. The molecule has 9 heteroatoms. The molecule has 26 heavy (non-hydrogen) atoms. The first-order valence-corrected chi connectivity index (χ1v) is 8.36. The van der Waals surface area contributed by atoms with Crippen LogP contribution in [0.4, 0.5) is 10.5 Å². The van der Waals surface area contributed by atoms with Crippen LogP contribution in [0.5, 0.6) is 0 Å². The zero-order chi connectivity index (χ0) is 18.5. The molecule has 138 valence electrons. The lowest BCUT2D eigenvalue weighted by atomic mass is 10.1. The molecule has 0 radical (unpaired) electrons. The van der Waals surface area contributed by atoms with E-state index in [0.29, 0.717) is 49.1 Å².